The van der Waals surface area contributed by atoms with E-state index >= 15 is 0 Å². The zero-order valence-electron chi connectivity index (χ0n) is 11.5. The first kappa shape index (κ1) is 15.0. The van der Waals surface area contributed by atoms with Crippen LogP contribution in [0.5, 0.6) is 11.5 Å². The molecule has 0 saturated heterocycles. The molecule has 0 heterocycles. The maximum Gasteiger partial charge on any atom is 0.165 e. The van der Waals surface area contributed by atoms with Crippen LogP contribution < -0.4 is 10.1 Å². The first-order chi connectivity index (χ1) is 9.61. The lowest BCUT2D eigenvalue weighted by Crippen LogP contribution is -2.18. The normalized spacial score (nSPS) is 12.2. The first-order valence-corrected chi connectivity index (χ1v) is 7.36. The van der Waals surface area contributed by atoms with Crippen LogP contribution in [0.1, 0.15) is 25.5 Å². The number of para-hydroxylation sites is 1. The molecular weight excluding hydrogens is 321 g/mol. The van der Waals surface area contributed by atoms with Gasteiger partial charge in [0.15, 0.2) is 11.6 Å². The molecule has 0 saturated carbocycles. The summed E-state index contributed by atoms with van der Waals surface area (Å²) in [4.78, 5) is 0. The quantitative estimate of drug-likeness (QED) is 0.824. The van der Waals surface area contributed by atoms with Crippen LogP contribution in [0.25, 0.3) is 0 Å². The Bertz CT molecular complexity index is 588. The molecular formula is C16H17BrFNO. The Hall–Kier alpha value is -1.39. The van der Waals surface area contributed by atoms with Crippen LogP contribution in [0, 0.1) is 5.82 Å². The standard InChI is InChI=1S/C16H17BrFNO/c1-3-19-11(2)13-10-12(17)8-9-15(13)20-16-7-5-4-6-14(16)18/h4-11,19H,3H2,1-2H3. The van der Waals surface area contributed by atoms with E-state index in [0.29, 0.717) is 5.75 Å². The average molecular weight is 338 g/mol. The van der Waals surface area contributed by atoms with Gasteiger partial charge in [-0.05, 0) is 43.8 Å². The van der Waals surface area contributed by atoms with Gasteiger partial charge in [0.2, 0.25) is 0 Å². The minimum Gasteiger partial charge on any atom is -0.454 e. The molecule has 2 rings (SSSR count). The minimum atomic E-state index is -0.363. The number of hydrogen-bond acceptors (Lipinski definition) is 2. The second kappa shape index (κ2) is 6.86. The van der Waals surface area contributed by atoms with Crippen molar-refractivity contribution in [3.63, 3.8) is 0 Å². The largest absolute Gasteiger partial charge is 0.454 e. The van der Waals surface area contributed by atoms with Crippen LogP contribution in [0.2, 0.25) is 0 Å². The van der Waals surface area contributed by atoms with E-state index in [4.69, 9.17) is 4.74 Å². The lowest BCUT2D eigenvalue weighted by molar-refractivity contribution is 0.430. The molecule has 4 heteroatoms. The van der Waals surface area contributed by atoms with E-state index in [1.165, 1.54) is 6.07 Å². The fraction of sp³-hybridized carbons (Fsp3) is 0.250. The number of hydrogen-bond donors (Lipinski definition) is 1. The molecule has 2 aromatic rings. The fourth-order valence-corrected chi connectivity index (χ4v) is 2.39. The van der Waals surface area contributed by atoms with Crippen LogP contribution in [0.4, 0.5) is 4.39 Å². The highest BCUT2D eigenvalue weighted by atomic mass is 79.9. The van der Waals surface area contributed by atoms with Crippen molar-refractivity contribution >= 4 is 15.9 Å². The van der Waals surface area contributed by atoms with Gasteiger partial charge < -0.3 is 10.1 Å². The Morgan fingerprint density at radius 3 is 2.65 bits per heavy atom. The third kappa shape index (κ3) is 3.58. The summed E-state index contributed by atoms with van der Waals surface area (Å²) in [5.74, 6) is 0.531. The molecule has 0 amide bonds. The molecule has 0 aliphatic carbocycles. The number of ether oxygens (including phenoxy) is 1. The molecule has 106 valence electrons. The van der Waals surface area contributed by atoms with E-state index in [9.17, 15) is 4.39 Å². The van der Waals surface area contributed by atoms with E-state index in [-0.39, 0.29) is 17.6 Å². The summed E-state index contributed by atoms with van der Waals surface area (Å²) < 4.78 is 20.4. The zero-order chi connectivity index (χ0) is 14.5. The van der Waals surface area contributed by atoms with Gasteiger partial charge in [-0.15, -0.1) is 0 Å². The van der Waals surface area contributed by atoms with E-state index in [2.05, 4.69) is 28.2 Å². The highest BCUT2D eigenvalue weighted by Crippen LogP contribution is 2.33. The molecule has 2 aromatic carbocycles. The molecule has 0 aliphatic heterocycles. The predicted octanol–water partition coefficient (Wildman–Crippen LogP) is 5.05. The zero-order valence-corrected chi connectivity index (χ0v) is 13.1. The second-order valence-electron chi connectivity index (χ2n) is 4.49. The summed E-state index contributed by atoms with van der Waals surface area (Å²) in [6, 6.07) is 12.3. The van der Waals surface area contributed by atoms with E-state index < -0.39 is 0 Å². The third-order valence-electron chi connectivity index (χ3n) is 3.01. The number of halogens is 2. The van der Waals surface area contributed by atoms with E-state index in [1.807, 2.05) is 25.1 Å². The SMILES string of the molecule is CCNC(C)c1cc(Br)ccc1Oc1ccccc1F. The van der Waals surface area contributed by atoms with E-state index in [0.717, 1.165) is 16.6 Å². The van der Waals surface area contributed by atoms with E-state index in [1.54, 1.807) is 18.2 Å². The van der Waals surface area contributed by atoms with Crippen molar-refractivity contribution in [2.75, 3.05) is 6.54 Å². The molecule has 0 fully saturated rings. The van der Waals surface area contributed by atoms with Crippen molar-refractivity contribution in [2.45, 2.75) is 19.9 Å². The Balaban J connectivity index is 2.34. The smallest absolute Gasteiger partial charge is 0.165 e. The van der Waals surface area contributed by atoms with Crippen LogP contribution in [0.3, 0.4) is 0 Å². The average Bonchev–Trinajstić information content (AvgIpc) is 2.43. The molecule has 1 unspecified atom stereocenters. The van der Waals surface area contributed by atoms with Gasteiger partial charge in [0, 0.05) is 16.1 Å². The van der Waals surface area contributed by atoms with Crippen LogP contribution in [-0.4, -0.2) is 6.54 Å². The number of rotatable bonds is 5. The van der Waals surface area contributed by atoms with Gasteiger partial charge in [0.05, 0.1) is 0 Å². The van der Waals surface area contributed by atoms with Crippen molar-refractivity contribution in [3.8, 4) is 11.5 Å². The summed E-state index contributed by atoms with van der Waals surface area (Å²) in [5, 5.41) is 3.34. The Morgan fingerprint density at radius 2 is 1.95 bits per heavy atom. The fourth-order valence-electron chi connectivity index (χ4n) is 2.01. The Kier molecular flexibility index (Phi) is 5.15. The molecule has 0 aliphatic rings. The van der Waals surface area contributed by atoms with Gasteiger partial charge in [-0.1, -0.05) is 35.0 Å². The van der Waals surface area contributed by atoms with Crippen LogP contribution in [0.15, 0.2) is 46.9 Å². The predicted molar refractivity (Wildman–Crippen MR) is 82.7 cm³/mol. The van der Waals surface area contributed by atoms with Crippen molar-refractivity contribution in [3.05, 3.63) is 58.3 Å². The summed E-state index contributed by atoms with van der Waals surface area (Å²) in [7, 11) is 0. The van der Waals surface area contributed by atoms with Gasteiger partial charge in [0.25, 0.3) is 0 Å². The summed E-state index contributed by atoms with van der Waals surface area (Å²) >= 11 is 3.46. The topological polar surface area (TPSA) is 21.3 Å². The molecule has 0 aromatic heterocycles. The molecule has 1 N–H and O–H groups in total. The highest BCUT2D eigenvalue weighted by molar-refractivity contribution is 9.10. The van der Waals surface area contributed by atoms with Gasteiger partial charge in [-0.25, -0.2) is 4.39 Å². The highest BCUT2D eigenvalue weighted by Gasteiger charge is 2.13. The first-order valence-electron chi connectivity index (χ1n) is 6.57. The second-order valence-corrected chi connectivity index (χ2v) is 5.41. The molecule has 0 bridgehead atoms. The van der Waals surface area contributed by atoms with Gasteiger partial charge in [-0.3, -0.25) is 0 Å². The van der Waals surface area contributed by atoms with Gasteiger partial charge in [-0.2, -0.15) is 0 Å². The maximum absolute atomic E-state index is 13.7. The van der Waals surface area contributed by atoms with Crippen LogP contribution in [-0.2, 0) is 0 Å². The maximum atomic E-state index is 13.7. The summed E-state index contributed by atoms with van der Waals surface area (Å²) in [5.41, 5.74) is 0.990. The minimum absolute atomic E-state index is 0.124. The number of benzene rings is 2. The van der Waals surface area contributed by atoms with Crippen molar-refractivity contribution < 1.29 is 9.13 Å². The lowest BCUT2D eigenvalue weighted by atomic mass is 10.1. The van der Waals surface area contributed by atoms with Crippen molar-refractivity contribution in [2.24, 2.45) is 0 Å². The Labute approximate surface area is 127 Å². The molecule has 1 atom stereocenters. The monoisotopic (exact) mass is 337 g/mol. The molecule has 20 heavy (non-hydrogen) atoms. The van der Waals surface area contributed by atoms with Crippen molar-refractivity contribution in [1.29, 1.82) is 0 Å². The van der Waals surface area contributed by atoms with Crippen molar-refractivity contribution in [1.82, 2.24) is 5.32 Å². The van der Waals surface area contributed by atoms with Gasteiger partial charge in [0.1, 0.15) is 5.75 Å². The van der Waals surface area contributed by atoms with Crippen LogP contribution >= 0.6 is 15.9 Å². The molecule has 0 spiro atoms. The third-order valence-corrected chi connectivity index (χ3v) is 3.50. The molecule has 0 radical (unpaired) electrons. The summed E-state index contributed by atoms with van der Waals surface area (Å²) in [6.07, 6.45) is 0. The molecule has 2 nitrogen and oxygen atoms in total. The lowest BCUT2D eigenvalue weighted by Gasteiger charge is -2.18. The van der Waals surface area contributed by atoms with Gasteiger partial charge >= 0.3 is 0 Å². The Morgan fingerprint density at radius 1 is 1.20 bits per heavy atom. The summed E-state index contributed by atoms with van der Waals surface area (Å²) in [6.45, 7) is 4.96. The number of nitrogens with one attached hydrogen (secondary N) is 1.